The summed E-state index contributed by atoms with van der Waals surface area (Å²) in [5.74, 6) is -2.73. The molecule has 0 bridgehead atoms. The molecule has 1 amide bonds. The maximum absolute atomic E-state index is 13.1. The number of halogens is 7. The fraction of sp³-hybridized carbons (Fsp3) is 0.231. The SMILES string of the molecule is Cn1nc(C(=O)Nc2ccc(F)cc2OC(F)F)c(Br)c1C(F)(F)F. The Morgan fingerprint density at radius 2 is 2.00 bits per heavy atom. The van der Waals surface area contributed by atoms with Crippen LogP contribution in [0.15, 0.2) is 22.7 Å². The first kappa shape index (κ1) is 19.1. The van der Waals surface area contributed by atoms with Crippen LogP contribution in [0.3, 0.4) is 0 Å². The van der Waals surface area contributed by atoms with Gasteiger partial charge in [0.25, 0.3) is 5.91 Å². The number of nitrogens with one attached hydrogen (secondary N) is 1. The number of rotatable bonds is 4. The molecule has 0 atom stereocenters. The minimum Gasteiger partial charge on any atom is -0.432 e. The van der Waals surface area contributed by atoms with Gasteiger partial charge in [-0.3, -0.25) is 9.48 Å². The van der Waals surface area contributed by atoms with Gasteiger partial charge in [-0.15, -0.1) is 0 Å². The van der Waals surface area contributed by atoms with Crippen molar-refractivity contribution in [3.63, 3.8) is 0 Å². The van der Waals surface area contributed by atoms with E-state index in [9.17, 15) is 31.1 Å². The summed E-state index contributed by atoms with van der Waals surface area (Å²) < 4.78 is 80.4. The van der Waals surface area contributed by atoms with E-state index < -0.39 is 46.1 Å². The number of hydrogen-bond acceptors (Lipinski definition) is 3. The van der Waals surface area contributed by atoms with E-state index in [1.165, 1.54) is 0 Å². The van der Waals surface area contributed by atoms with Crippen molar-refractivity contribution in [1.82, 2.24) is 9.78 Å². The zero-order valence-corrected chi connectivity index (χ0v) is 13.8. The van der Waals surface area contributed by atoms with Crippen molar-refractivity contribution < 1.29 is 35.9 Å². The van der Waals surface area contributed by atoms with Gasteiger partial charge in [0.2, 0.25) is 0 Å². The van der Waals surface area contributed by atoms with Crippen LogP contribution in [0.5, 0.6) is 5.75 Å². The smallest absolute Gasteiger partial charge is 0.432 e. The molecule has 0 spiro atoms. The third kappa shape index (κ3) is 4.24. The van der Waals surface area contributed by atoms with Crippen molar-refractivity contribution in [2.75, 3.05) is 5.32 Å². The predicted molar refractivity (Wildman–Crippen MR) is 76.9 cm³/mol. The summed E-state index contributed by atoms with van der Waals surface area (Å²) >= 11 is 2.65. The van der Waals surface area contributed by atoms with Crippen LogP contribution in [-0.2, 0) is 13.2 Å². The number of alkyl halides is 5. The van der Waals surface area contributed by atoms with Crippen LogP contribution in [0.2, 0.25) is 0 Å². The lowest BCUT2D eigenvalue weighted by molar-refractivity contribution is -0.144. The molecule has 0 fully saturated rings. The Morgan fingerprint density at radius 3 is 2.52 bits per heavy atom. The number of ether oxygens (including phenoxy) is 1. The highest BCUT2D eigenvalue weighted by atomic mass is 79.9. The first-order valence-electron chi connectivity index (χ1n) is 6.36. The number of benzene rings is 1. The maximum atomic E-state index is 13.1. The Kier molecular flexibility index (Phi) is 5.30. The average Bonchev–Trinajstić information content (AvgIpc) is 2.76. The van der Waals surface area contributed by atoms with E-state index in [1.807, 2.05) is 0 Å². The normalized spacial score (nSPS) is 11.7. The summed E-state index contributed by atoms with van der Waals surface area (Å²) in [6.07, 6.45) is -4.78. The Morgan fingerprint density at radius 1 is 1.36 bits per heavy atom. The molecule has 12 heteroatoms. The second-order valence-electron chi connectivity index (χ2n) is 4.61. The fourth-order valence-electron chi connectivity index (χ4n) is 1.93. The minimum atomic E-state index is -4.78. The van der Waals surface area contributed by atoms with Crippen molar-refractivity contribution in [3.05, 3.63) is 39.9 Å². The average molecular weight is 432 g/mol. The molecule has 1 aromatic heterocycles. The second kappa shape index (κ2) is 6.94. The zero-order valence-electron chi connectivity index (χ0n) is 12.2. The molecule has 0 saturated heterocycles. The van der Waals surface area contributed by atoms with E-state index in [4.69, 9.17) is 0 Å². The van der Waals surface area contributed by atoms with Gasteiger partial charge in [0.05, 0.1) is 10.2 Å². The van der Waals surface area contributed by atoms with Gasteiger partial charge in [-0.25, -0.2) is 4.39 Å². The summed E-state index contributed by atoms with van der Waals surface area (Å²) in [6, 6.07) is 2.37. The third-order valence-corrected chi connectivity index (χ3v) is 3.63. The number of hydrogen-bond donors (Lipinski definition) is 1. The van der Waals surface area contributed by atoms with Gasteiger partial charge in [-0.2, -0.15) is 27.1 Å². The molecule has 0 saturated carbocycles. The van der Waals surface area contributed by atoms with Crippen molar-refractivity contribution in [1.29, 1.82) is 0 Å². The van der Waals surface area contributed by atoms with E-state index in [0.29, 0.717) is 10.7 Å². The largest absolute Gasteiger partial charge is 0.434 e. The predicted octanol–water partition coefficient (Wildman–Crippen LogP) is 4.19. The Balaban J connectivity index is 2.36. The van der Waals surface area contributed by atoms with E-state index in [2.05, 4.69) is 31.1 Å². The molecular formula is C13H8BrF6N3O2. The molecule has 0 aliphatic heterocycles. The van der Waals surface area contributed by atoms with E-state index in [-0.39, 0.29) is 5.69 Å². The highest BCUT2D eigenvalue weighted by molar-refractivity contribution is 9.10. The highest BCUT2D eigenvalue weighted by Crippen LogP contribution is 2.36. The van der Waals surface area contributed by atoms with Crippen molar-refractivity contribution >= 4 is 27.5 Å². The molecule has 1 aromatic carbocycles. The highest BCUT2D eigenvalue weighted by Gasteiger charge is 2.39. The number of carbonyl (C=O) groups is 1. The molecule has 2 rings (SSSR count). The molecule has 0 unspecified atom stereocenters. The molecule has 5 nitrogen and oxygen atoms in total. The van der Waals surface area contributed by atoms with Crippen molar-refractivity contribution in [3.8, 4) is 5.75 Å². The van der Waals surface area contributed by atoms with Crippen LogP contribution in [-0.4, -0.2) is 22.3 Å². The Bertz CT molecular complexity index is 806. The number of anilines is 1. The number of aryl methyl sites for hydroxylation is 1. The van der Waals surface area contributed by atoms with Crippen LogP contribution in [0.1, 0.15) is 16.2 Å². The first-order chi connectivity index (χ1) is 11.5. The van der Waals surface area contributed by atoms with Crippen LogP contribution in [0, 0.1) is 5.82 Å². The Labute approximate surface area is 144 Å². The van der Waals surface area contributed by atoms with Gasteiger partial charge < -0.3 is 10.1 Å². The molecule has 1 N–H and O–H groups in total. The first-order valence-corrected chi connectivity index (χ1v) is 7.15. The molecule has 136 valence electrons. The summed E-state index contributed by atoms with van der Waals surface area (Å²) in [4.78, 5) is 12.1. The van der Waals surface area contributed by atoms with Gasteiger partial charge >= 0.3 is 12.8 Å². The van der Waals surface area contributed by atoms with Gasteiger partial charge in [-0.1, -0.05) is 0 Å². The van der Waals surface area contributed by atoms with Crippen LogP contribution in [0.4, 0.5) is 32.0 Å². The second-order valence-corrected chi connectivity index (χ2v) is 5.40. The van der Waals surface area contributed by atoms with Gasteiger partial charge in [0.1, 0.15) is 5.82 Å². The third-order valence-electron chi connectivity index (χ3n) is 2.88. The lowest BCUT2D eigenvalue weighted by Crippen LogP contribution is -2.15. The Hall–Kier alpha value is -2.24. The van der Waals surface area contributed by atoms with Gasteiger partial charge in [-0.05, 0) is 28.1 Å². The quantitative estimate of drug-likeness (QED) is 0.738. The fourth-order valence-corrected chi connectivity index (χ4v) is 2.67. The minimum absolute atomic E-state index is 0.363. The van der Waals surface area contributed by atoms with Crippen LogP contribution in [0.25, 0.3) is 0 Å². The number of amides is 1. The molecule has 1 heterocycles. The van der Waals surface area contributed by atoms with E-state index in [0.717, 1.165) is 19.2 Å². The van der Waals surface area contributed by atoms with Crippen molar-refractivity contribution in [2.24, 2.45) is 7.05 Å². The van der Waals surface area contributed by atoms with E-state index >= 15 is 0 Å². The van der Waals surface area contributed by atoms with Crippen molar-refractivity contribution in [2.45, 2.75) is 12.8 Å². The number of aromatic nitrogens is 2. The summed E-state index contributed by atoms with van der Waals surface area (Å²) in [7, 11) is 0.980. The maximum Gasteiger partial charge on any atom is 0.434 e. The lowest BCUT2D eigenvalue weighted by atomic mass is 10.2. The zero-order chi connectivity index (χ0) is 18.9. The molecule has 0 radical (unpaired) electrons. The van der Waals surface area contributed by atoms with Crippen LogP contribution < -0.4 is 10.1 Å². The number of carbonyl (C=O) groups excluding carboxylic acids is 1. The van der Waals surface area contributed by atoms with E-state index in [1.54, 1.807) is 0 Å². The lowest BCUT2D eigenvalue weighted by Gasteiger charge is -2.11. The topological polar surface area (TPSA) is 56.2 Å². The molecule has 25 heavy (non-hydrogen) atoms. The van der Waals surface area contributed by atoms with Gasteiger partial charge in [0.15, 0.2) is 17.1 Å². The molecule has 0 aliphatic rings. The summed E-state index contributed by atoms with van der Waals surface area (Å²) in [5.41, 5.74) is -2.21. The molecule has 2 aromatic rings. The standard InChI is InChI=1S/C13H8BrF6N3O2/c1-23-10(13(18,19)20)8(14)9(22-23)11(24)21-6-3-2-5(15)4-7(6)25-12(16)17/h2-4,12H,1H3,(H,21,24). The van der Waals surface area contributed by atoms with Gasteiger partial charge in [0, 0.05) is 13.1 Å². The monoisotopic (exact) mass is 431 g/mol. The molecular weight excluding hydrogens is 424 g/mol. The summed E-state index contributed by atoms with van der Waals surface area (Å²) in [6.45, 7) is -3.30. The molecule has 0 aliphatic carbocycles. The van der Waals surface area contributed by atoms with Crippen LogP contribution >= 0.6 is 15.9 Å². The number of nitrogens with zero attached hydrogens (tertiary/aromatic N) is 2. The summed E-state index contributed by atoms with van der Waals surface area (Å²) in [5, 5.41) is 5.51.